The van der Waals surface area contributed by atoms with Gasteiger partial charge in [0.05, 0.1) is 32.4 Å². The van der Waals surface area contributed by atoms with Crippen molar-refractivity contribution in [3.05, 3.63) is 30.0 Å². The lowest BCUT2D eigenvalue weighted by Crippen LogP contribution is -2.37. The van der Waals surface area contributed by atoms with Gasteiger partial charge in [-0.15, -0.1) is 0 Å². The molecule has 2 rings (SSSR count). The Morgan fingerprint density at radius 1 is 1.36 bits per heavy atom. The molecule has 8 nitrogen and oxygen atoms in total. The van der Waals surface area contributed by atoms with Crippen LogP contribution in [0.4, 0.5) is 5.69 Å². The number of likely N-dealkylation sites (tertiary alicyclic amines) is 1. The normalized spacial score (nSPS) is 16.7. The number of benzene rings is 1. The third kappa shape index (κ3) is 5.39. The molecule has 0 saturated carbocycles. The van der Waals surface area contributed by atoms with E-state index < -0.39 is 5.91 Å². The number of amides is 1. The molecule has 1 atom stereocenters. The van der Waals surface area contributed by atoms with Crippen molar-refractivity contribution in [3.8, 4) is 17.6 Å². The molecule has 28 heavy (non-hydrogen) atoms. The highest BCUT2D eigenvalue weighted by Gasteiger charge is 2.26. The van der Waals surface area contributed by atoms with Crippen molar-refractivity contribution in [2.75, 3.05) is 39.2 Å². The molecule has 1 heterocycles. The van der Waals surface area contributed by atoms with Gasteiger partial charge in [0.1, 0.15) is 23.1 Å². The quantitative estimate of drug-likeness (QED) is 0.435. The van der Waals surface area contributed by atoms with Crippen LogP contribution in [-0.4, -0.2) is 50.7 Å². The molecular weight excluding hydrogens is 362 g/mol. The fraction of sp³-hybridized carbons (Fsp3) is 0.450. The van der Waals surface area contributed by atoms with Crippen LogP contribution in [-0.2, 0) is 14.3 Å². The number of hydrogen-bond donors (Lipinski definition) is 1. The molecule has 0 bridgehead atoms. The second-order valence-electron chi connectivity index (χ2n) is 6.26. The van der Waals surface area contributed by atoms with Crippen molar-refractivity contribution in [2.45, 2.75) is 19.8 Å². The number of nitrogens with one attached hydrogen (secondary N) is 1. The molecule has 1 aliphatic rings. The van der Waals surface area contributed by atoms with E-state index in [2.05, 4.69) is 5.32 Å². The summed E-state index contributed by atoms with van der Waals surface area (Å²) in [6.45, 7) is 3.18. The summed E-state index contributed by atoms with van der Waals surface area (Å²) in [5.41, 5.74) is 0.338. The van der Waals surface area contributed by atoms with E-state index in [1.807, 2.05) is 11.0 Å². The maximum atomic E-state index is 12.6. The fourth-order valence-corrected chi connectivity index (χ4v) is 3.00. The Balaban J connectivity index is 2.13. The number of rotatable bonds is 7. The van der Waals surface area contributed by atoms with Crippen LogP contribution < -0.4 is 14.8 Å². The van der Waals surface area contributed by atoms with Crippen molar-refractivity contribution in [1.29, 1.82) is 5.26 Å². The van der Waals surface area contributed by atoms with Crippen LogP contribution in [0.25, 0.3) is 0 Å². The van der Waals surface area contributed by atoms with Crippen LogP contribution in [0.3, 0.4) is 0 Å². The largest absolute Gasteiger partial charge is 0.497 e. The standard InChI is InChI=1S/C20H25N3O5/c1-4-28-20(25)14-6-5-9-23(12-14)13-15(11-21)19(24)22-17-10-16(26-2)7-8-18(17)27-3/h7-8,10,13-14H,4-6,9,12H2,1-3H3,(H,22,24)/b15-13-. The molecule has 1 N–H and O–H groups in total. The van der Waals surface area contributed by atoms with Crippen LogP contribution in [0.2, 0.25) is 0 Å². The Hall–Kier alpha value is -3.21. The molecule has 8 heteroatoms. The number of esters is 1. The molecule has 1 aliphatic heterocycles. The Labute approximate surface area is 164 Å². The fourth-order valence-electron chi connectivity index (χ4n) is 3.00. The first-order valence-corrected chi connectivity index (χ1v) is 9.08. The minimum absolute atomic E-state index is 0.0608. The SMILES string of the molecule is CCOC(=O)C1CCCN(/C=C(/C#N)C(=O)Nc2cc(OC)ccc2OC)C1. The number of ether oxygens (including phenoxy) is 3. The Morgan fingerprint density at radius 2 is 2.14 bits per heavy atom. The van der Waals surface area contributed by atoms with Gasteiger partial charge in [0, 0.05) is 25.4 Å². The highest BCUT2D eigenvalue weighted by molar-refractivity contribution is 6.07. The van der Waals surface area contributed by atoms with E-state index >= 15 is 0 Å². The van der Waals surface area contributed by atoms with Crippen molar-refractivity contribution < 1.29 is 23.8 Å². The number of nitriles is 1. The van der Waals surface area contributed by atoms with Gasteiger partial charge >= 0.3 is 5.97 Å². The van der Waals surface area contributed by atoms with Crippen LogP contribution >= 0.6 is 0 Å². The maximum absolute atomic E-state index is 12.6. The van der Waals surface area contributed by atoms with Gasteiger partial charge in [-0.05, 0) is 31.9 Å². The summed E-state index contributed by atoms with van der Waals surface area (Å²) < 4.78 is 15.5. The van der Waals surface area contributed by atoms with Gasteiger partial charge in [0.15, 0.2) is 0 Å². The maximum Gasteiger partial charge on any atom is 0.310 e. The van der Waals surface area contributed by atoms with Gasteiger partial charge < -0.3 is 24.4 Å². The predicted molar refractivity (Wildman–Crippen MR) is 103 cm³/mol. The molecule has 1 aromatic rings. The second-order valence-corrected chi connectivity index (χ2v) is 6.26. The highest BCUT2D eigenvalue weighted by Crippen LogP contribution is 2.29. The molecule has 0 aromatic heterocycles. The number of hydrogen-bond acceptors (Lipinski definition) is 7. The summed E-state index contributed by atoms with van der Waals surface area (Å²) in [5, 5.41) is 12.1. The molecule has 1 fully saturated rings. The summed E-state index contributed by atoms with van der Waals surface area (Å²) in [7, 11) is 3.01. The lowest BCUT2D eigenvalue weighted by atomic mass is 9.98. The lowest BCUT2D eigenvalue weighted by Gasteiger charge is -2.30. The summed E-state index contributed by atoms with van der Waals surface area (Å²) in [6.07, 6.45) is 3.01. The molecular formula is C20H25N3O5. The number of carbonyl (C=O) groups excluding carboxylic acids is 2. The van der Waals surface area contributed by atoms with Crippen molar-refractivity contribution in [2.24, 2.45) is 5.92 Å². The minimum atomic E-state index is -0.563. The zero-order valence-electron chi connectivity index (χ0n) is 16.4. The van der Waals surface area contributed by atoms with Crippen LogP contribution in [0.5, 0.6) is 11.5 Å². The molecule has 150 valence electrons. The van der Waals surface area contributed by atoms with E-state index in [4.69, 9.17) is 14.2 Å². The first kappa shape index (κ1) is 21.1. The van der Waals surface area contributed by atoms with E-state index in [0.717, 1.165) is 12.8 Å². The number of anilines is 1. The number of methoxy groups -OCH3 is 2. The van der Waals surface area contributed by atoms with E-state index in [-0.39, 0.29) is 17.5 Å². The van der Waals surface area contributed by atoms with Gasteiger partial charge in [-0.25, -0.2) is 0 Å². The zero-order chi connectivity index (χ0) is 20.5. The first-order chi connectivity index (χ1) is 13.5. The number of nitrogens with zero attached hydrogens (tertiary/aromatic N) is 2. The average molecular weight is 387 g/mol. The summed E-state index contributed by atoms with van der Waals surface area (Å²) in [5.74, 6) is -0.0675. The second kappa shape index (κ2) is 10.2. The number of piperidine rings is 1. The van der Waals surface area contributed by atoms with Gasteiger partial charge in [-0.1, -0.05) is 0 Å². The molecule has 0 radical (unpaired) electrons. The molecule has 1 aromatic carbocycles. The average Bonchev–Trinajstić information content (AvgIpc) is 2.72. The van der Waals surface area contributed by atoms with E-state index in [9.17, 15) is 14.9 Å². The molecule has 0 spiro atoms. The van der Waals surface area contributed by atoms with Crippen molar-refractivity contribution >= 4 is 17.6 Å². The minimum Gasteiger partial charge on any atom is -0.497 e. The Bertz CT molecular complexity index is 785. The van der Waals surface area contributed by atoms with Crippen LogP contribution in [0, 0.1) is 17.2 Å². The third-order valence-electron chi connectivity index (χ3n) is 4.40. The first-order valence-electron chi connectivity index (χ1n) is 9.08. The smallest absolute Gasteiger partial charge is 0.310 e. The topological polar surface area (TPSA) is 101 Å². The van der Waals surface area contributed by atoms with Crippen molar-refractivity contribution in [1.82, 2.24) is 4.90 Å². The van der Waals surface area contributed by atoms with Crippen molar-refractivity contribution in [3.63, 3.8) is 0 Å². The molecule has 1 saturated heterocycles. The highest BCUT2D eigenvalue weighted by atomic mass is 16.5. The monoisotopic (exact) mass is 387 g/mol. The third-order valence-corrected chi connectivity index (χ3v) is 4.40. The molecule has 1 unspecified atom stereocenters. The summed E-state index contributed by atoms with van der Waals surface area (Å²) >= 11 is 0. The predicted octanol–water partition coefficient (Wildman–Crippen LogP) is 2.32. The van der Waals surface area contributed by atoms with E-state index in [1.54, 1.807) is 25.1 Å². The summed E-state index contributed by atoms with van der Waals surface area (Å²) in [4.78, 5) is 26.4. The molecule has 0 aliphatic carbocycles. The van der Waals surface area contributed by atoms with Crippen LogP contribution in [0.15, 0.2) is 30.0 Å². The molecule has 1 amide bonds. The Morgan fingerprint density at radius 3 is 2.79 bits per heavy atom. The lowest BCUT2D eigenvalue weighted by molar-refractivity contribution is -0.149. The number of carbonyl (C=O) groups is 2. The van der Waals surface area contributed by atoms with Crippen LogP contribution in [0.1, 0.15) is 19.8 Å². The zero-order valence-corrected chi connectivity index (χ0v) is 16.4. The summed E-state index contributed by atoms with van der Waals surface area (Å²) in [6, 6.07) is 6.91. The van der Waals surface area contributed by atoms with E-state index in [1.165, 1.54) is 20.4 Å². The van der Waals surface area contributed by atoms with E-state index in [0.29, 0.717) is 36.9 Å². The van der Waals surface area contributed by atoms with Gasteiger partial charge in [-0.3, -0.25) is 9.59 Å². The van der Waals surface area contributed by atoms with Gasteiger partial charge in [-0.2, -0.15) is 5.26 Å². The van der Waals surface area contributed by atoms with Gasteiger partial charge in [0.2, 0.25) is 0 Å². The Kier molecular flexibility index (Phi) is 7.69. The van der Waals surface area contributed by atoms with Gasteiger partial charge in [0.25, 0.3) is 5.91 Å².